The van der Waals surface area contributed by atoms with Crippen LogP contribution in [0.3, 0.4) is 0 Å². The highest BCUT2D eigenvalue weighted by molar-refractivity contribution is 6.31. The topological polar surface area (TPSA) is 55.5 Å². The van der Waals surface area contributed by atoms with Gasteiger partial charge in [-0.15, -0.1) is 0 Å². The molecule has 3 aromatic rings. The van der Waals surface area contributed by atoms with Gasteiger partial charge in [0.2, 0.25) is 5.91 Å². The Hall–Kier alpha value is -2.31. The lowest BCUT2D eigenvalue weighted by molar-refractivity contribution is -0.130. The number of nitrogens with zero attached hydrogens (tertiary/aromatic N) is 2. The first-order valence-electron chi connectivity index (χ1n) is 7.82. The third-order valence-electron chi connectivity index (χ3n) is 4.06. The number of rotatable bonds is 5. The number of hydrogen-bond acceptors (Lipinski definition) is 3. The van der Waals surface area contributed by atoms with Crippen LogP contribution in [-0.4, -0.2) is 22.4 Å². The quantitative estimate of drug-likeness (QED) is 0.652. The molecule has 0 radical (unpaired) electrons. The van der Waals surface area contributed by atoms with Crippen LogP contribution < -0.4 is 5.76 Å². The van der Waals surface area contributed by atoms with Crippen molar-refractivity contribution in [2.24, 2.45) is 0 Å². The van der Waals surface area contributed by atoms with Crippen molar-refractivity contribution in [2.75, 3.05) is 7.05 Å². The molecule has 0 aliphatic carbocycles. The lowest BCUT2D eigenvalue weighted by atomic mass is 10.2. The molecule has 0 bridgehead atoms. The van der Waals surface area contributed by atoms with E-state index in [2.05, 4.69) is 0 Å². The van der Waals surface area contributed by atoms with Crippen LogP contribution in [0.2, 0.25) is 10.0 Å². The van der Waals surface area contributed by atoms with Crippen molar-refractivity contribution in [3.05, 3.63) is 68.4 Å². The molecule has 0 saturated carbocycles. The van der Waals surface area contributed by atoms with Crippen molar-refractivity contribution in [2.45, 2.75) is 19.5 Å². The molecule has 5 nitrogen and oxygen atoms in total. The van der Waals surface area contributed by atoms with Gasteiger partial charge >= 0.3 is 5.76 Å². The van der Waals surface area contributed by atoms with Crippen LogP contribution in [0.5, 0.6) is 0 Å². The number of carbonyl (C=O) groups excluding carboxylic acids is 1. The molecule has 8 heteroatoms. The standard InChI is InChI=1S/C18H15Cl2FN2O3/c1-22(10-12-13(20)3-2-4-14(12)21)17(24)7-8-23-15-6-5-11(19)9-16(15)26-18(23)25/h2-6,9H,7-8,10H2,1H3. The lowest BCUT2D eigenvalue weighted by Gasteiger charge is -2.18. The Morgan fingerprint density at radius 2 is 2.04 bits per heavy atom. The molecule has 0 unspecified atom stereocenters. The van der Waals surface area contributed by atoms with E-state index < -0.39 is 11.6 Å². The fourth-order valence-corrected chi connectivity index (χ4v) is 3.04. The van der Waals surface area contributed by atoms with Gasteiger partial charge in [0.05, 0.1) is 5.52 Å². The summed E-state index contributed by atoms with van der Waals surface area (Å²) >= 11 is 11.9. The van der Waals surface area contributed by atoms with E-state index in [-0.39, 0.29) is 36.0 Å². The van der Waals surface area contributed by atoms with E-state index in [0.717, 1.165) is 0 Å². The number of fused-ring (bicyclic) bond motifs is 1. The molecule has 0 saturated heterocycles. The molecule has 1 amide bonds. The molecule has 26 heavy (non-hydrogen) atoms. The van der Waals surface area contributed by atoms with Crippen molar-refractivity contribution < 1.29 is 13.6 Å². The van der Waals surface area contributed by atoms with Crippen LogP contribution in [0.4, 0.5) is 4.39 Å². The zero-order chi connectivity index (χ0) is 18.8. The SMILES string of the molecule is CN(Cc1c(F)cccc1Cl)C(=O)CCn1c(=O)oc2cc(Cl)ccc21. The summed E-state index contributed by atoms with van der Waals surface area (Å²) in [5.41, 5.74) is 1.18. The van der Waals surface area contributed by atoms with Crippen molar-refractivity contribution >= 4 is 40.2 Å². The van der Waals surface area contributed by atoms with Gasteiger partial charge in [0.1, 0.15) is 5.82 Å². The van der Waals surface area contributed by atoms with Crippen molar-refractivity contribution in [3.8, 4) is 0 Å². The number of halogens is 3. The normalized spacial score (nSPS) is 11.1. The van der Waals surface area contributed by atoms with Gasteiger partial charge in [0, 0.05) is 48.2 Å². The van der Waals surface area contributed by atoms with E-state index >= 15 is 0 Å². The molecular formula is C18H15Cl2FN2O3. The van der Waals surface area contributed by atoms with E-state index in [0.29, 0.717) is 16.1 Å². The van der Waals surface area contributed by atoms with Crippen LogP contribution in [-0.2, 0) is 17.9 Å². The average molecular weight is 397 g/mol. The molecule has 136 valence electrons. The minimum atomic E-state index is -0.560. The van der Waals surface area contributed by atoms with Crippen molar-refractivity contribution in [1.29, 1.82) is 0 Å². The van der Waals surface area contributed by atoms with Gasteiger partial charge in [0.15, 0.2) is 5.58 Å². The summed E-state index contributed by atoms with van der Waals surface area (Å²) in [7, 11) is 1.56. The maximum absolute atomic E-state index is 13.9. The molecular weight excluding hydrogens is 382 g/mol. The highest BCUT2D eigenvalue weighted by Gasteiger charge is 2.16. The Balaban J connectivity index is 1.71. The number of aryl methyl sites for hydroxylation is 1. The van der Waals surface area contributed by atoms with Gasteiger partial charge in [-0.25, -0.2) is 9.18 Å². The van der Waals surface area contributed by atoms with E-state index in [1.807, 2.05) is 0 Å². The van der Waals surface area contributed by atoms with Crippen LogP contribution in [0.1, 0.15) is 12.0 Å². The number of hydrogen-bond donors (Lipinski definition) is 0. The second-order valence-electron chi connectivity index (χ2n) is 5.83. The molecule has 0 atom stereocenters. The second-order valence-corrected chi connectivity index (χ2v) is 6.68. The summed E-state index contributed by atoms with van der Waals surface area (Å²) in [6.45, 7) is 0.183. The Morgan fingerprint density at radius 1 is 1.27 bits per heavy atom. The fraction of sp³-hybridized carbons (Fsp3) is 0.222. The van der Waals surface area contributed by atoms with Gasteiger partial charge in [-0.2, -0.15) is 0 Å². The van der Waals surface area contributed by atoms with Gasteiger partial charge < -0.3 is 9.32 Å². The summed E-state index contributed by atoms with van der Waals surface area (Å²) in [6.07, 6.45) is 0.0553. The van der Waals surface area contributed by atoms with E-state index in [1.54, 1.807) is 31.3 Å². The monoisotopic (exact) mass is 396 g/mol. The van der Waals surface area contributed by atoms with E-state index in [1.165, 1.54) is 21.6 Å². The third-order valence-corrected chi connectivity index (χ3v) is 4.65. The lowest BCUT2D eigenvalue weighted by Crippen LogP contribution is -2.28. The van der Waals surface area contributed by atoms with Crippen LogP contribution in [0.25, 0.3) is 11.1 Å². The summed E-state index contributed by atoms with van der Waals surface area (Å²) in [5, 5.41) is 0.717. The predicted molar refractivity (Wildman–Crippen MR) is 98.0 cm³/mol. The molecule has 0 aliphatic rings. The molecule has 0 aliphatic heterocycles. The molecule has 3 rings (SSSR count). The molecule has 0 fully saturated rings. The summed E-state index contributed by atoms with van der Waals surface area (Å²) in [4.78, 5) is 25.7. The van der Waals surface area contributed by atoms with Crippen molar-refractivity contribution in [3.63, 3.8) is 0 Å². The van der Waals surface area contributed by atoms with Crippen LogP contribution in [0.15, 0.2) is 45.6 Å². The minimum Gasteiger partial charge on any atom is -0.408 e. The molecule has 1 heterocycles. The van der Waals surface area contributed by atoms with E-state index in [4.69, 9.17) is 27.6 Å². The Labute approximate surface area is 158 Å². The van der Waals surface area contributed by atoms with Crippen LogP contribution in [0, 0.1) is 5.82 Å². The molecule has 0 spiro atoms. The highest BCUT2D eigenvalue weighted by atomic mass is 35.5. The Bertz CT molecular complexity index is 1010. The molecule has 2 aromatic carbocycles. The van der Waals surface area contributed by atoms with Gasteiger partial charge in [0.25, 0.3) is 0 Å². The summed E-state index contributed by atoms with van der Waals surface area (Å²) in [5.74, 6) is -1.28. The summed E-state index contributed by atoms with van der Waals surface area (Å²) in [6, 6.07) is 9.22. The number of benzene rings is 2. The summed E-state index contributed by atoms with van der Waals surface area (Å²) < 4.78 is 20.4. The maximum Gasteiger partial charge on any atom is 0.419 e. The first-order chi connectivity index (χ1) is 12.4. The second kappa shape index (κ2) is 7.51. The average Bonchev–Trinajstić information content (AvgIpc) is 2.90. The highest BCUT2D eigenvalue weighted by Crippen LogP contribution is 2.21. The number of carbonyl (C=O) groups is 1. The van der Waals surface area contributed by atoms with Gasteiger partial charge in [-0.3, -0.25) is 9.36 Å². The first kappa shape index (κ1) is 18.5. The number of aromatic nitrogens is 1. The first-order valence-corrected chi connectivity index (χ1v) is 8.58. The zero-order valence-electron chi connectivity index (χ0n) is 13.8. The number of oxazole rings is 1. The smallest absolute Gasteiger partial charge is 0.408 e. The van der Waals surface area contributed by atoms with Gasteiger partial charge in [-0.1, -0.05) is 29.3 Å². The van der Waals surface area contributed by atoms with Gasteiger partial charge in [-0.05, 0) is 24.3 Å². The van der Waals surface area contributed by atoms with E-state index in [9.17, 15) is 14.0 Å². The predicted octanol–water partition coefficient (Wildman–Crippen LogP) is 4.09. The molecule has 0 N–H and O–H groups in total. The minimum absolute atomic E-state index is 0.0426. The fourth-order valence-electron chi connectivity index (χ4n) is 2.66. The number of amides is 1. The largest absolute Gasteiger partial charge is 0.419 e. The Kier molecular flexibility index (Phi) is 5.34. The maximum atomic E-state index is 13.9. The zero-order valence-corrected chi connectivity index (χ0v) is 15.4. The third kappa shape index (κ3) is 3.76. The van der Waals surface area contributed by atoms with Crippen LogP contribution >= 0.6 is 23.2 Å². The molecule has 1 aromatic heterocycles. The Morgan fingerprint density at radius 3 is 2.77 bits per heavy atom. The van der Waals surface area contributed by atoms with Crippen molar-refractivity contribution in [1.82, 2.24) is 9.47 Å².